The summed E-state index contributed by atoms with van der Waals surface area (Å²) in [5, 5.41) is 0.736. The summed E-state index contributed by atoms with van der Waals surface area (Å²) in [7, 11) is 4.04. The molecular formula is C10H16ClMgNO. The number of likely N-dealkylation sites (N-methyl/N-ethyl adjacent to an activating group) is 1. The largest absolute Gasteiger partial charge is 0.492 e. The van der Waals surface area contributed by atoms with E-state index < -0.39 is 0 Å². The van der Waals surface area contributed by atoms with Crippen LogP contribution in [0.15, 0.2) is 24.3 Å². The average Bonchev–Trinajstić information content (AvgIpc) is 2.08. The zero-order chi connectivity index (χ0) is 9.68. The standard InChI is InChI=1S/C10H14ClNO.Mg.2H/c1-12(2)7-8-13-10-5-3-9(11)4-6-10;;;/h3-6H,7-8H2,1-2H3;;;. The minimum absolute atomic E-state index is 0. The highest BCUT2D eigenvalue weighted by Gasteiger charge is 1.94. The number of hydrogen-bond acceptors (Lipinski definition) is 2. The minimum Gasteiger partial charge on any atom is -0.492 e. The maximum Gasteiger partial charge on any atom is 0.316 e. The summed E-state index contributed by atoms with van der Waals surface area (Å²) < 4.78 is 5.47. The number of benzene rings is 1. The first-order chi connectivity index (χ1) is 6.18. The highest BCUT2D eigenvalue weighted by atomic mass is 35.5. The molecule has 0 unspecified atom stereocenters. The predicted molar refractivity (Wildman–Crippen MR) is 64.0 cm³/mol. The van der Waals surface area contributed by atoms with E-state index in [1.54, 1.807) is 0 Å². The van der Waals surface area contributed by atoms with Crippen molar-refractivity contribution >= 4 is 34.7 Å². The second kappa shape index (κ2) is 7.34. The lowest BCUT2D eigenvalue weighted by Crippen LogP contribution is -2.19. The van der Waals surface area contributed by atoms with Crippen LogP contribution in [0, 0.1) is 0 Å². The fourth-order valence-corrected chi connectivity index (χ4v) is 1.00. The lowest BCUT2D eigenvalue weighted by Gasteiger charge is -2.10. The summed E-state index contributed by atoms with van der Waals surface area (Å²) in [6.07, 6.45) is 0. The summed E-state index contributed by atoms with van der Waals surface area (Å²) in [4.78, 5) is 2.08. The van der Waals surface area contributed by atoms with Crippen LogP contribution in [-0.4, -0.2) is 55.2 Å². The van der Waals surface area contributed by atoms with Crippen molar-refractivity contribution in [3.05, 3.63) is 29.3 Å². The highest BCUT2D eigenvalue weighted by molar-refractivity contribution is 6.30. The second-order valence-electron chi connectivity index (χ2n) is 3.11. The van der Waals surface area contributed by atoms with E-state index in [0.717, 1.165) is 17.3 Å². The van der Waals surface area contributed by atoms with Crippen LogP contribution in [0.25, 0.3) is 0 Å². The van der Waals surface area contributed by atoms with Crippen LogP contribution in [0.5, 0.6) is 5.75 Å². The van der Waals surface area contributed by atoms with Crippen LogP contribution >= 0.6 is 11.6 Å². The molecule has 0 spiro atoms. The van der Waals surface area contributed by atoms with E-state index in [9.17, 15) is 0 Å². The summed E-state index contributed by atoms with van der Waals surface area (Å²) in [5.74, 6) is 0.867. The molecule has 1 rings (SSSR count). The van der Waals surface area contributed by atoms with Gasteiger partial charge in [-0.3, -0.25) is 0 Å². The Morgan fingerprint density at radius 1 is 1.21 bits per heavy atom. The smallest absolute Gasteiger partial charge is 0.316 e. The molecule has 4 heteroatoms. The Balaban J connectivity index is 0.00000169. The van der Waals surface area contributed by atoms with E-state index in [0.29, 0.717) is 6.61 Å². The summed E-state index contributed by atoms with van der Waals surface area (Å²) in [6.45, 7) is 1.62. The van der Waals surface area contributed by atoms with Crippen LogP contribution in [-0.2, 0) is 0 Å². The molecule has 0 atom stereocenters. The Hall–Kier alpha value is 0.0362. The maximum atomic E-state index is 5.73. The van der Waals surface area contributed by atoms with E-state index >= 15 is 0 Å². The molecule has 14 heavy (non-hydrogen) atoms. The first kappa shape index (κ1) is 14.0. The first-order valence-electron chi connectivity index (χ1n) is 4.21. The van der Waals surface area contributed by atoms with Gasteiger partial charge >= 0.3 is 23.1 Å². The van der Waals surface area contributed by atoms with E-state index in [1.807, 2.05) is 38.4 Å². The van der Waals surface area contributed by atoms with E-state index in [-0.39, 0.29) is 23.1 Å². The topological polar surface area (TPSA) is 12.5 Å². The molecule has 0 saturated carbocycles. The van der Waals surface area contributed by atoms with Crippen molar-refractivity contribution in [3.63, 3.8) is 0 Å². The molecule has 1 aromatic rings. The van der Waals surface area contributed by atoms with Gasteiger partial charge in [-0.1, -0.05) is 11.6 Å². The zero-order valence-electron chi connectivity index (χ0n) is 7.96. The molecule has 76 valence electrons. The van der Waals surface area contributed by atoms with Gasteiger partial charge in [0.2, 0.25) is 0 Å². The molecule has 0 aliphatic rings. The van der Waals surface area contributed by atoms with Gasteiger partial charge < -0.3 is 9.64 Å². The first-order valence-corrected chi connectivity index (χ1v) is 4.59. The quantitative estimate of drug-likeness (QED) is 0.718. The van der Waals surface area contributed by atoms with Gasteiger partial charge in [-0.05, 0) is 38.4 Å². The predicted octanol–water partition coefficient (Wildman–Crippen LogP) is 1.36. The van der Waals surface area contributed by atoms with E-state index in [4.69, 9.17) is 16.3 Å². The fraction of sp³-hybridized carbons (Fsp3) is 0.400. The second-order valence-corrected chi connectivity index (χ2v) is 3.54. The Morgan fingerprint density at radius 2 is 1.79 bits per heavy atom. The lowest BCUT2D eigenvalue weighted by molar-refractivity contribution is 0.261. The molecule has 1 aromatic carbocycles. The molecule has 0 bridgehead atoms. The molecule has 0 aromatic heterocycles. The molecule has 0 saturated heterocycles. The number of ether oxygens (including phenoxy) is 1. The molecular weight excluding hydrogens is 210 g/mol. The Labute approximate surface area is 106 Å². The van der Waals surface area contributed by atoms with Crippen LogP contribution in [0.4, 0.5) is 0 Å². The molecule has 0 radical (unpaired) electrons. The van der Waals surface area contributed by atoms with Gasteiger partial charge in [0.15, 0.2) is 0 Å². The van der Waals surface area contributed by atoms with Gasteiger partial charge in [-0.15, -0.1) is 0 Å². The van der Waals surface area contributed by atoms with Gasteiger partial charge in [0.25, 0.3) is 0 Å². The third-order valence-electron chi connectivity index (χ3n) is 1.62. The third kappa shape index (κ3) is 5.70. The summed E-state index contributed by atoms with van der Waals surface area (Å²) >= 11 is 5.73. The number of nitrogens with zero attached hydrogens (tertiary/aromatic N) is 1. The van der Waals surface area contributed by atoms with Crippen molar-refractivity contribution in [2.45, 2.75) is 0 Å². The van der Waals surface area contributed by atoms with Crippen molar-refractivity contribution in [2.24, 2.45) is 0 Å². The minimum atomic E-state index is 0. The SMILES string of the molecule is CN(C)CCOc1ccc(Cl)cc1.[MgH2]. The fourth-order valence-electron chi connectivity index (χ4n) is 0.877. The van der Waals surface area contributed by atoms with Crippen molar-refractivity contribution in [1.29, 1.82) is 0 Å². The van der Waals surface area contributed by atoms with Crippen LogP contribution in [0.1, 0.15) is 0 Å². The molecule has 0 N–H and O–H groups in total. The Morgan fingerprint density at radius 3 is 2.29 bits per heavy atom. The molecule has 0 aliphatic heterocycles. The van der Waals surface area contributed by atoms with Crippen molar-refractivity contribution in [2.75, 3.05) is 27.2 Å². The normalized spacial score (nSPS) is 9.71. The number of hydrogen-bond donors (Lipinski definition) is 0. The van der Waals surface area contributed by atoms with Crippen LogP contribution in [0.3, 0.4) is 0 Å². The van der Waals surface area contributed by atoms with Crippen LogP contribution < -0.4 is 4.74 Å². The van der Waals surface area contributed by atoms with Gasteiger partial charge in [0.1, 0.15) is 12.4 Å². The molecule has 2 nitrogen and oxygen atoms in total. The Kier molecular flexibility index (Phi) is 7.36. The highest BCUT2D eigenvalue weighted by Crippen LogP contribution is 2.15. The van der Waals surface area contributed by atoms with E-state index in [2.05, 4.69) is 4.90 Å². The van der Waals surface area contributed by atoms with E-state index in [1.165, 1.54) is 0 Å². The molecule has 0 aliphatic carbocycles. The lowest BCUT2D eigenvalue weighted by atomic mass is 10.3. The average molecular weight is 226 g/mol. The number of rotatable bonds is 4. The van der Waals surface area contributed by atoms with Crippen LogP contribution in [0.2, 0.25) is 5.02 Å². The molecule has 0 amide bonds. The molecule has 0 fully saturated rings. The van der Waals surface area contributed by atoms with Crippen molar-refractivity contribution in [3.8, 4) is 5.75 Å². The van der Waals surface area contributed by atoms with Gasteiger partial charge in [-0.25, -0.2) is 0 Å². The number of halogens is 1. The maximum absolute atomic E-state index is 5.73. The van der Waals surface area contributed by atoms with Gasteiger partial charge in [0.05, 0.1) is 0 Å². The molecule has 0 heterocycles. The van der Waals surface area contributed by atoms with Crippen molar-refractivity contribution < 1.29 is 4.74 Å². The summed E-state index contributed by atoms with van der Waals surface area (Å²) in [6, 6.07) is 7.40. The summed E-state index contributed by atoms with van der Waals surface area (Å²) in [5.41, 5.74) is 0. The van der Waals surface area contributed by atoms with Gasteiger partial charge in [-0.2, -0.15) is 0 Å². The van der Waals surface area contributed by atoms with Gasteiger partial charge in [0, 0.05) is 11.6 Å². The van der Waals surface area contributed by atoms with Crippen molar-refractivity contribution in [1.82, 2.24) is 4.90 Å². The monoisotopic (exact) mass is 225 g/mol. The Bertz CT molecular complexity index is 251. The third-order valence-corrected chi connectivity index (χ3v) is 1.87. The zero-order valence-corrected chi connectivity index (χ0v) is 8.71.